The number of fused-ring (bicyclic) bond motifs is 1. The second-order valence-electron chi connectivity index (χ2n) is 7.89. The van der Waals surface area contributed by atoms with Crippen LogP contribution in [0.25, 0.3) is 0 Å². The molecule has 0 aromatic rings. The van der Waals surface area contributed by atoms with E-state index in [-0.39, 0.29) is 0 Å². The molecule has 5 atom stereocenters. The van der Waals surface area contributed by atoms with E-state index in [1.54, 1.807) is 0 Å². The minimum atomic E-state index is 0.506. The Labute approximate surface area is 118 Å². The molecule has 4 fully saturated rings. The van der Waals surface area contributed by atoms with Gasteiger partial charge in [0.15, 0.2) is 0 Å². The van der Waals surface area contributed by atoms with Gasteiger partial charge in [0.2, 0.25) is 0 Å². The standard InChI is InChI=1S/C17H30N2/c18-17-6-2-4-14-10-19(11-16(14)17)15-5-1-3-13(9-15)12-7-8-12/h12-17H,1-11,18H2. The summed E-state index contributed by atoms with van der Waals surface area (Å²) in [5, 5.41) is 0. The van der Waals surface area contributed by atoms with Crippen LogP contribution >= 0.6 is 0 Å². The Bertz CT molecular complexity index is 325. The van der Waals surface area contributed by atoms with Crippen LogP contribution in [0.1, 0.15) is 57.8 Å². The molecule has 1 saturated heterocycles. The van der Waals surface area contributed by atoms with Gasteiger partial charge < -0.3 is 5.73 Å². The van der Waals surface area contributed by atoms with Crippen molar-refractivity contribution in [2.45, 2.75) is 69.9 Å². The SMILES string of the molecule is NC1CCCC2CN(C3CCCC(C4CC4)C3)CC12. The summed E-state index contributed by atoms with van der Waals surface area (Å²) >= 11 is 0. The number of nitrogens with zero attached hydrogens (tertiary/aromatic N) is 1. The first-order chi connectivity index (χ1) is 9.31. The fraction of sp³-hybridized carbons (Fsp3) is 1.00. The summed E-state index contributed by atoms with van der Waals surface area (Å²) in [4.78, 5) is 2.86. The third kappa shape index (κ3) is 2.47. The molecule has 4 aliphatic rings. The molecule has 0 radical (unpaired) electrons. The van der Waals surface area contributed by atoms with E-state index in [0.717, 1.165) is 29.7 Å². The maximum absolute atomic E-state index is 6.37. The van der Waals surface area contributed by atoms with Crippen molar-refractivity contribution in [3.8, 4) is 0 Å². The highest BCUT2D eigenvalue weighted by Gasteiger charge is 2.43. The van der Waals surface area contributed by atoms with Gasteiger partial charge in [0.25, 0.3) is 0 Å². The molecule has 2 N–H and O–H groups in total. The lowest BCUT2D eigenvalue weighted by Gasteiger charge is -2.35. The number of nitrogens with two attached hydrogens (primary N) is 1. The summed E-state index contributed by atoms with van der Waals surface area (Å²) in [6, 6.07) is 1.42. The summed E-state index contributed by atoms with van der Waals surface area (Å²) in [6.45, 7) is 2.70. The Kier molecular flexibility index (Phi) is 3.35. The zero-order chi connectivity index (χ0) is 12.8. The van der Waals surface area contributed by atoms with Crippen LogP contribution in [0.15, 0.2) is 0 Å². The first-order valence-electron chi connectivity index (χ1n) is 8.81. The predicted octanol–water partition coefficient (Wildman–Crippen LogP) is 3.01. The number of likely N-dealkylation sites (tertiary alicyclic amines) is 1. The largest absolute Gasteiger partial charge is 0.327 e. The summed E-state index contributed by atoms with van der Waals surface area (Å²) in [6.07, 6.45) is 13.2. The summed E-state index contributed by atoms with van der Waals surface area (Å²) < 4.78 is 0. The number of hydrogen-bond donors (Lipinski definition) is 1. The van der Waals surface area contributed by atoms with Crippen molar-refractivity contribution in [1.29, 1.82) is 0 Å². The van der Waals surface area contributed by atoms with E-state index in [9.17, 15) is 0 Å². The van der Waals surface area contributed by atoms with Gasteiger partial charge in [-0.3, -0.25) is 4.90 Å². The average molecular weight is 262 g/mol. The smallest absolute Gasteiger partial charge is 0.00982 e. The van der Waals surface area contributed by atoms with Crippen molar-refractivity contribution in [3.05, 3.63) is 0 Å². The quantitative estimate of drug-likeness (QED) is 0.829. The Hall–Kier alpha value is -0.0800. The van der Waals surface area contributed by atoms with Crippen LogP contribution in [0.3, 0.4) is 0 Å². The molecule has 19 heavy (non-hydrogen) atoms. The van der Waals surface area contributed by atoms with E-state index in [1.807, 2.05) is 0 Å². The third-order valence-corrected chi connectivity index (χ3v) is 6.67. The first kappa shape index (κ1) is 12.6. The summed E-state index contributed by atoms with van der Waals surface area (Å²) in [7, 11) is 0. The van der Waals surface area contributed by atoms with Crippen molar-refractivity contribution in [2.24, 2.45) is 29.4 Å². The average Bonchev–Trinajstić information content (AvgIpc) is 3.19. The van der Waals surface area contributed by atoms with Crippen LogP contribution in [0.5, 0.6) is 0 Å². The topological polar surface area (TPSA) is 29.3 Å². The molecule has 2 nitrogen and oxygen atoms in total. The molecular weight excluding hydrogens is 232 g/mol. The van der Waals surface area contributed by atoms with Crippen molar-refractivity contribution in [2.75, 3.05) is 13.1 Å². The minimum absolute atomic E-state index is 0.506. The van der Waals surface area contributed by atoms with Gasteiger partial charge in [-0.2, -0.15) is 0 Å². The molecule has 4 rings (SSSR count). The summed E-state index contributed by atoms with van der Waals surface area (Å²) in [5.41, 5.74) is 6.37. The molecule has 5 unspecified atom stereocenters. The second-order valence-corrected chi connectivity index (χ2v) is 7.89. The van der Waals surface area contributed by atoms with Crippen LogP contribution < -0.4 is 5.73 Å². The normalized spacial score (nSPS) is 48.2. The Morgan fingerprint density at radius 3 is 2.32 bits per heavy atom. The van der Waals surface area contributed by atoms with E-state index in [1.165, 1.54) is 70.9 Å². The summed E-state index contributed by atoms with van der Waals surface area (Å²) in [5.74, 6) is 3.96. The Balaban J connectivity index is 1.39. The molecule has 0 aromatic heterocycles. The van der Waals surface area contributed by atoms with Crippen molar-refractivity contribution in [3.63, 3.8) is 0 Å². The lowest BCUT2D eigenvalue weighted by atomic mass is 9.78. The molecule has 0 amide bonds. The molecule has 108 valence electrons. The second kappa shape index (κ2) is 5.04. The maximum Gasteiger partial charge on any atom is 0.00982 e. The van der Waals surface area contributed by atoms with Gasteiger partial charge >= 0.3 is 0 Å². The third-order valence-electron chi connectivity index (χ3n) is 6.67. The van der Waals surface area contributed by atoms with Gasteiger partial charge in [-0.1, -0.05) is 19.3 Å². The molecular formula is C17H30N2. The lowest BCUT2D eigenvalue weighted by Crippen LogP contribution is -2.40. The first-order valence-corrected chi connectivity index (χ1v) is 8.81. The van der Waals surface area contributed by atoms with Gasteiger partial charge in [-0.15, -0.1) is 0 Å². The zero-order valence-electron chi connectivity index (χ0n) is 12.3. The van der Waals surface area contributed by atoms with E-state index < -0.39 is 0 Å². The van der Waals surface area contributed by atoms with Crippen molar-refractivity contribution >= 4 is 0 Å². The molecule has 0 bridgehead atoms. The van der Waals surface area contributed by atoms with Crippen LogP contribution in [-0.4, -0.2) is 30.1 Å². The fourth-order valence-electron chi connectivity index (χ4n) is 5.38. The predicted molar refractivity (Wildman–Crippen MR) is 78.8 cm³/mol. The van der Waals surface area contributed by atoms with E-state index in [4.69, 9.17) is 5.73 Å². The zero-order valence-corrected chi connectivity index (χ0v) is 12.3. The van der Waals surface area contributed by atoms with Crippen molar-refractivity contribution < 1.29 is 0 Å². The highest BCUT2D eigenvalue weighted by atomic mass is 15.2. The van der Waals surface area contributed by atoms with Crippen LogP contribution in [0, 0.1) is 23.7 Å². The van der Waals surface area contributed by atoms with Gasteiger partial charge in [-0.25, -0.2) is 0 Å². The van der Waals surface area contributed by atoms with Crippen molar-refractivity contribution in [1.82, 2.24) is 4.90 Å². The van der Waals surface area contributed by atoms with E-state index in [0.29, 0.717) is 6.04 Å². The Morgan fingerprint density at radius 2 is 1.53 bits per heavy atom. The molecule has 0 aromatic carbocycles. The highest BCUT2D eigenvalue weighted by Crippen LogP contribution is 2.46. The molecule has 2 heteroatoms. The van der Waals surface area contributed by atoms with Gasteiger partial charge in [-0.05, 0) is 62.2 Å². The van der Waals surface area contributed by atoms with Gasteiger partial charge in [0, 0.05) is 25.2 Å². The molecule has 1 aliphatic heterocycles. The van der Waals surface area contributed by atoms with Gasteiger partial charge in [0.05, 0.1) is 0 Å². The fourth-order valence-corrected chi connectivity index (χ4v) is 5.38. The molecule has 3 aliphatic carbocycles. The number of rotatable bonds is 2. The van der Waals surface area contributed by atoms with Gasteiger partial charge in [0.1, 0.15) is 0 Å². The van der Waals surface area contributed by atoms with E-state index >= 15 is 0 Å². The molecule has 3 saturated carbocycles. The minimum Gasteiger partial charge on any atom is -0.327 e. The van der Waals surface area contributed by atoms with Crippen LogP contribution in [-0.2, 0) is 0 Å². The highest BCUT2D eigenvalue weighted by molar-refractivity contribution is 4.97. The Morgan fingerprint density at radius 1 is 0.737 bits per heavy atom. The maximum atomic E-state index is 6.37. The molecule has 0 spiro atoms. The monoisotopic (exact) mass is 262 g/mol. The van der Waals surface area contributed by atoms with E-state index in [2.05, 4.69) is 4.90 Å². The van der Waals surface area contributed by atoms with Crippen LogP contribution in [0.2, 0.25) is 0 Å². The lowest BCUT2D eigenvalue weighted by molar-refractivity contribution is 0.141. The molecule has 1 heterocycles. The van der Waals surface area contributed by atoms with Crippen LogP contribution in [0.4, 0.5) is 0 Å². The number of hydrogen-bond acceptors (Lipinski definition) is 2.